The van der Waals surface area contributed by atoms with E-state index in [0.717, 1.165) is 0 Å². The number of aliphatic hydroxyl groups excluding tert-OH is 1. The first kappa shape index (κ1) is 21.6. The molecule has 0 amide bonds. The largest absolute Gasteiger partial charge is 0.411 e. The summed E-state index contributed by atoms with van der Waals surface area (Å²) in [6.07, 6.45) is 0.940. The average molecular weight is 449 g/mol. The Kier molecular flexibility index (Phi) is 6.09. The monoisotopic (exact) mass is 448 g/mol. The third kappa shape index (κ3) is 3.91. The zero-order valence-corrected chi connectivity index (χ0v) is 18.8. The summed E-state index contributed by atoms with van der Waals surface area (Å²) in [5.41, 5.74) is -1.45. The van der Waals surface area contributed by atoms with Crippen molar-refractivity contribution in [1.82, 2.24) is 9.55 Å². The summed E-state index contributed by atoms with van der Waals surface area (Å²) in [6, 6.07) is 0. The first-order valence-electron chi connectivity index (χ1n) is 8.71. The highest BCUT2D eigenvalue weighted by Gasteiger charge is 2.53. The van der Waals surface area contributed by atoms with Crippen LogP contribution >= 0.6 is 15.9 Å². The zero-order valence-electron chi connectivity index (χ0n) is 16.3. The molecule has 0 bridgehead atoms. The normalized spacial score (nSPS) is 27.1. The summed E-state index contributed by atoms with van der Waals surface area (Å²) in [7, 11) is -2.11. The lowest BCUT2D eigenvalue weighted by atomic mass is 10.0. The predicted octanol–water partition coefficient (Wildman–Crippen LogP) is 2.28. The maximum Gasteiger partial charge on any atom is 0.330 e. The molecule has 1 aromatic heterocycles. The quantitative estimate of drug-likeness (QED) is 0.532. The van der Waals surface area contributed by atoms with E-state index in [4.69, 9.17) is 9.16 Å². The van der Waals surface area contributed by atoms with Gasteiger partial charge in [0, 0.05) is 23.5 Å². The van der Waals surface area contributed by atoms with E-state index < -0.39 is 31.4 Å². The lowest BCUT2D eigenvalue weighted by Crippen LogP contribution is -2.53. The van der Waals surface area contributed by atoms with Gasteiger partial charge in [0.15, 0.2) is 8.32 Å². The zero-order chi connectivity index (χ0) is 19.9. The molecule has 9 heteroatoms. The Morgan fingerprint density at radius 3 is 2.58 bits per heavy atom. The minimum atomic E-state index is -2.11. The van der Waals surface area contributed by atoms with Gasteiger partial charge in [-0.2, -0.15) is 0 Å². The summed E-state index contributed by atoms with van der Waals surface area (Å²) in [6.45, 7) is 12.1. The smallest absolute Gasteiger partial charge is 0.330 e. The van der Waals surface area contributed by atoms with Crippen LogP contribution in [0.1, 0.15) is 39.0 Å². The van der Waals surface area contributed by atoms with Gasteiger partial charge in [0.1, 0.15) is 11.8 Å². The molecule has 7 nitrogen and oxygen atoms in total. The van der Waals surface area contributed by atoms with E-state index in [1.54, 1.807) is 6.92 Å². The van der Waals surface area contributed by atoms with Crippen LogP contribution in [0.2, 0.25) is 18.1 Å². The van der Waals surface area contributed by atoms with Crippen LogP contribution in [0.5, 0.6) is 0 Å². The lowest BCUT2D eigenvalue weighted by Gasteiger charge is -2.42. The fourth-order valence-electron chi connectivity index (χ4n) is 2.75. The van der Waals surface area contributed by atoms with E-state index in [-0.39, 0.29) is 17.7 Å². The molecule has 26 heavy (non-hydrogen) atoms. The third-order valence-electron chi connectivity index (χ3n) is 5.57. The molecule has 1 fully saturated rings. The highest BCUT2D eigenvalue weighted by Crippen LogP contribution is 2.44. The van der Waals surface area contributed by atoms with Gasteiger partial charge >= 0.3 is 5.69 Å². The molecule has 1 aliphatic rings. The van der Waals surface area contributed by atoms with Crippen molar-refractivity contribution in [1.29, 1.82) is 0 Å². The van der Waals surface area contributed by atoms with Crippen LogP contribution in [0.15, 0.2) is 15.8 Å². The Morgan fingerprint density at radius 1 is 1.46 bits per heavy atom. The van der Waals surface area contributed by atoms with Gasteiger partial charge in [0.2, 0.25) is 0 Å². The molecule has 2 rings (SSSR count). The second-order valence-corrected chi connectivity index (χ2v) is 13.8. The predicted molar refractivity (Wildman–Crippen MR) is 106 cm³/mol. The number of aromatic nitrogens is 2. The summed E-state index contributed by atoms with van der Waals surface area (Å²) in [4.78, 5) is 26.2. The molecule has 2 heterocycles. The Labute approximate surface area is 163 Å². The van der Waals surface area contributed by atoms with Gasteiger partial charge in [0.05, 0.1) is 12.7 Å². The van der Waals surface area contributed by atoms with Crippen molar-refractivity contribution in [3.8, 4) is 0 Å². The van der Waals surface area contributed by atoms with Gasteiger partial charge in [-0.05, 0) is 25.1 Å². The van der Waals surface area contributed by atoms with Crippen molar-refractivity contribution >= 4 is 24.2 Å². The van der Waals surface area contributed by atoms with Crippen molar-refractivity contribution in [2.75, 3.05) is 11.9 Å². The number of halogens is 1. The van der Waals surface area contributed by atoms with Gasteiger partial charge in [0.25, 0.3) is 5.56 Å². The number of rotatable bonds is 5. The number of aryl methyl sites for hydroxylation is 1. The molecule has 1 saturated heterocycles. The summed E-state index contributed by atoms with van der Waals surface area (Å²) in [5, 5.41) is 10.4. The number of nitrogens with one attached hydrogen (secondary N) is 1. The van der Waals surface area contributed by atoms with E-state index >= 15 is 0 Å². The molecule has 2 N–H and O–H groups in total. The van der Waals surface area contributed by atoms with Gasteiger partial charge < -0.3 is 14.3 Å². The number of aromatic amines is 1. The van der Waals surface area contributed by atoms with Crippen molar-refractivity contribution < 1.29 is 14.3 Å². The van der Waals surface area contributed by atoms with Crippen molar-refractivity contribution in [2.45, 2.75) is 70.2 Å². The van der Waals surface area contributed by atoms with Crippen LogP contribution in [-0.4, -0.2) is 46.6 Å². The second-order valence-electron chi connectivity index (χ2n) is 8.51. The van der Waals surface area contributed by atoms with E-state index in [1.165, 1.54) is 10.8 Å². The van der Waals surface area contributed by atoms with Gasteiger partial charge in [-0.1, -0.05) is 36.7 Å². The number of nitrogens with zero attached hydrogens (tertiary/aromatic N) is 1. The van der Waals surface area contributed by atoms with Crippen LogP contribution in [-0.2, 0) is 9.16 Å². The number of hydrogen-bond acceptors (Lipinski definition) is 5. The average Bonchev–Trinajstić information content (AvgIpc) is 2.88. The molecule has 1 unspecified atom stereocenters. The Hall–Kier alpha value is -0.743. The molecule has 0 aliphatic carbocycles. The molecule has 1 aromatic rings. The SMILES string of the molecule is Cc1cn([C@H]2CC(O[Si](C)(C)C(C)(C)C)[C@](CO)(CBr)O2)c(=O)[nH]c1=O. The molecule has 0 aromatic carbocycles. The first-order chi connectivity index (χ1) is 11.9. The summed E-state index contributed by atoms with van der Waals surface area (Å²) in [5.74, 6) is 0. The second kappa shape index (κ2) is 7.35. The van der Waals surface area contributed by atoms with Crippen LogP contribution in [0, 0.1) is 6.92 Å². The topological polar surface area (TPSA) is 93.6 Å². The standard InChI is InChI=1S/C17H29BrN2O5Si/c1-11-8-20(15(23)19-14(11)22)13-7-12(17(9-18,10-21)24-13)25-26(5,6)16(2,3)4/h8,12-13,21H,7,9-10H2,1-6H3,(H,19,22,23)/t12?,13-,17-/m1/s1. The van der Waals surface area contributed by atoms with Crippen LogP contribution in [0.3, 0.4) is 0 Å². The van der Waals surface area contributed by atoms with E-state index in [2.05, 4.69) is 54.8 Å². The van der Waals surface area contributed by atoms with Crippen molar-refractivity contribution in [2.24, 2.45) is 0 Å². The maximum absolute atomic E-state index is 12.2. The Bertz CT molecular complexity index is 764. The van der Waals surface area contributed by atoms with Crippen LogP contribution in [0.4, 0.5) is 0 Å². The molecular weight excluding hydrogens is 420 g/mol. The van der Waals surface area contributed by atoms with Crippen molar-refractivity contribution in [3.05, 3.63) is 32.6 Å². The Morgan fingerprint density at radius 2 is 2.08 bits per heavy atom. The third-order valence-corrected chi connectivity index (χ3v) is 11.0. The van der Waals surface area contributed by atoms with Crippen molar-refractivity contribution in [3.63, 3.8) is 0 Å². The number of ether oxygens (including phenoxy) is 1. The number of aliphatic hydroxyl groups is 1. The molecule has 0 saturated carbocycles. The molecule has 3 atom stereocenters. The lowest BCUT2D eigenvalue weighted by molar-refractivity contribution is -0.110. The molecular formula is C17H29BrN2O5Si. The highest BCUT2D eigenvalue weighted by molar-refractivity contribution is 9.09. The Balaban J connectivity index is 2.40. The highest BCUT2D eigenvalue weighted by atomic mass is 79.9. The molecule has 1 aliphatic heterocycles. The number of alkyl halides is 1. The molecule has 0 spiro atoms. The molecule has 0 radical (unpaired) electrons. The minimum absolute atomic E-state index is 0.00397. The van der Waals surface area contributed by atoms with Gasteiger partial charge in [-0.15, -0.1) is 0 Å². The minimum Gasteiger partial charge on any atom is -0.411 e. The van der Waals surface area contributed by atoms with Crippen LogP contribution in [0.25, 0.3) is 0 Å². The van der Waals surface area contributed by atoms with Gasteiger partial charge in [-0.3, -0.25) is 14.3 Å². The van der Waals surface area contributed by atoms with E-state index in [0.29, 0.717) is 17.3 Å². The fraction of sp³-hybridized carbons (Fsp3) is 0.765. The first-order valence-corrected chi connectivity index (χ1v) is 12.7. The molecule has 148 valence electrons. The van der Waals surface area contributed by atoms with Gasteiger partial charge in [-0.25, -0.2) is 4.79 Å². The summed E-state index contributed by atoms with van der Waals surface area (Å²) >= 11 is 3.44. The summed E-state index contributed by atoms with van der Waals surface area (Å²) < 4.78 is 14.0. The number of H-pyrrole nitrogens is 1. The number of hydrogen-bond donors (Lipinski definition) is 2. The van der Waals surface area contributed by atoms with E-state index in [1.807, 2.05) is 0 Å². The van der Waals surface area contributed by atoms with E-state index in [9.17, 15) is 14.7 Å². The fourth-order valence-corrected chi connectivity index (χ4v) is 4.80. The maximum atomic E-state index is 12.2. The van der Waals surface area contributed by atoms with Crippen LogP contribution < -0.4 is 11.2 Å².